The van der Waals surface area contributed by atoms with Crippen LogP contribution in [0.2, 0.25) is 0 Å². The maximum atomic E-state index is 13.6. The summed E-state index contributed by atoms with van der Waals surface area (Å²) in [5.41, 5.74) is -0.448. The van der Waals surface area contributed by atoms with E-state index in [9.17, 15) is 22.8 Å². The van der Waals surface area contributed by atoms with Gasteiger partial charge in [-0.15, -0.1) is 0 Å². The molecule has 3 nitrogen and oxygen atoms in total. The predicted molar refractivity (Wildman–Crippen MR) is 107 cm³/mol. The largest absolute Gasteiger partial charge is 0.425 e. The van der Waals surface area contributed by atoms with E-state index in [1.807, 2.05) is 42.5 Å². The molecule has 3 atom stereocenters. The minimum atomic E-state index is -4.50. The van der Waals surface area contributed by atoms with Gasteiger partial charge in [0.15, 0.2) is 5.78 Å². The third kappa shape index (κ3) is 2.89. The summed E-state index contributed by atoms with van der Waals surface area (Å²) in [4.78, 5) is 26.7. The highest BCUT2D eigenvalue weighted by molar-refractivity contribution is 6.15. The van der Waals surface area contributed by atoms with Crippen LogP contribution in [0.3, 0.4) is 0 Å². The number of rotatable bonds is 3. The van der Waals surface area contributed by atoms with Crippen LogP contribution in [0.5, 0.6) is 5.75 Å². The van der Waals surface area contributed by atoms with Crippen molar-refractivity contribution in [1.82, 2.24) is 0 Å². The number of Topliss-reactive ketones (excluding diaryl/α,β-unsaturated/α-hetero) is 1. The lowest BCUT2D eigenvalue weighted by atomic mass is 9.47. The van der Waals surface area contributed by atoms with Gasteiger partial charge in [0.05, 0.1) is 5.56 Å². The van der Waals surface area contributed by atoms with Crippen LogP contribution in [0.15, 0.2) is 78.9 Å². The van der Waals surface area contributed by atoms with Crippen LogP contribution < -0.4 is 4.74 Å². The van der Waals surface area contributed by atoms with Gasteiger partial charge in [-0.3, -0.25) is 9.59 Å². The molecule has 0 saturated heterocycles. The van der Waals surface area contributed by atoms with Crippen molar-refractivity contribution in [1.29, 1.82) is 0 Å². The fourth-order valence-corrected chi connectivity index (χ4v) is 4.89. The lowest BCUT2D eigenvalue weighted by Crippen LogP contribution is -2.59. The minimum Gasteiger partial charge on any atom is -0.425 e. The van der Waals surface area contributed by atoms with Crippen molar-refractivity contribution in [2.75, 3.05) is 0 Å². The normalized spacial score (nSPS) is 24.4. The number of esters is 1. The summed E-state index contributed by atoms with van der Waals surface area (Å²) in [6, 6.07) is 20.8. The van der Waals surface area contributed by atoms with E-state index in [-0.39, 0.29) is 17.9 Å². The van der Waals surface area contributed by atoms with Crippen molar-refractivity contribution in [2.45, 2.75) is 24.4 Å². The van der Waals surface area contributed by atoms with Crippen LogP contribution >= 0.6 is 0 Å². The molecule has 0 bridgehead atoms. The van der Waals surface area contributed by atoms with E-state index in [1.54, 1.807) is 12.1 Å². The Kier molecular flexibility index (Phi) is 4.29. The SMILES string of the molecule is O=C1Oc2ccccc2[C@@H]2[C@@H](c3ccccc3)C[C@]12C(=O)c1ccc(C(F)(F)F)cc1. The summed E-state index contributed by atoms with van der Waals surface area (Å²) in [7, 11) is 0. The van der Waals surface area contributed by atoms with Crippen LogP contribution in [0.4, 0.5) is 13.2 Å². The molecule has 31 heavy (non-hydrogen) atoms. The second kappa shape index (κ2) is 6.80. The summed E-state index contributed by atoms with van der Waals surface area (Å²) >= 11 is 0. The fourth-order valence-electron chi connectivity index (χ4n) is 4.89. The molecule has 3 aromatic carbocycles. The Balaban J connectivity index is 1.59. The van der Waals surface area contributed by atoms with Gasteiger partial charge in [-0.1, -0.05) is 60.7 Å². The first-order valence-corrected chi connectivity index (χ1v) is 9.90. The Labute approximate surface area is 176 Å². The summed E-state index contributed by atoms with van der Waals surface area (Å²) in [6.07, 6.45) is -4.26. The number of hydrogen-bond acceptors (Lipinski definition) is 3. The van der Waals surface area contributed by atoms with Crippen LogP contribution in [0.25, 0.3) is 0 Å². The maximum absolute atomic E-state index is 13.6. The Morgan fingerprint density at radius 2 is 1.55 bits per heavy atom. The monoisotopic (exact) mass is 422 g/mol. The van der Waals surface area contributed by atoms with Gasteiger partial charge < -0.3 is 4.74 Å². The number of fused-ring (bicyclic) bond motifs is 3. The number of benzene rings is 3. The number of carbonyl (C=O) groups is 2. The van der Waals surface area contributed by atoms with Crippen molar-refractivity contribution in [3.63, 3.8) is 0 Å². The molecule has 1 aliphatic heterocycles. The predicted octanol–water partition coefficient (Wildman–Crippen LogP) is 5.76. The number of ether oxygens (including phenoxy) is 1. The molecule has 156 valence electrons. The molecule has 0 unspecified atom stereocenters. The van der Waals surface area contributed by atoms with Gasteiger partial charge >= 0.3 is 12.1 Å². The van der Waals surface area contributed by atoms with Crippen LogP contribution in [-0.4, -0.2) is 11.8 Å². The lowest BCUT2D eigenvalue weighted by molar-refractivity contribution is -0.153. The van der Waals surface area contributed by atoms with E-state index in [0.717, 1.165) is 35.4 Å². The van der Waals surface area contributed by atoms with Crippen molar-refractivity contribution in [3.8, 4) is 5.75 Å². The van der Waals surface area contributed by atoms with Crippen LogP contribution in [0, 0.1) is 5.41 Å². The zero-order valence-corrected chi connectivity index (χ0v) is 16.2. The highest BCUT2D eigenvalue weighted by Crippen LogP contribution is 2.66. The summed E-state index contributed by atoms with van der Waals surface area (Å²) in [6.45, 7) is 0. The Hall–Kier alpha value is -3.41. The zero-order chi connectivity index (χ0) is 21.8. The molecule has 1 fully saturated rings. The molecule has 0 N–H and O–H groups in total. The molecule has 3 aromatic rings. The second-order valence-corrected chi connectivity index (χ2v) is 8.00. The first-order chi connectivity index (χ1) is 14.8. The Morgan fingerprint density at radius 1 is 0.903 bits per heavy atom. The lowest BCUT2D eigenvalue weighted by Gasteiger charge is -2.54. The van der Waals surface area contributed by atoms with Crippen molar-refractivity contribution in [3.05, 3.63) is 101 Å². The van der Waals surface area contributed by atoms with Crippen LogP contribution in [0.1, 0.15) is 45.3 Å². The number of ketones is 1. The molecule has 0 spiro atoms. The molecule has 0 radical (unpaired) electrons. The second-order valence-electron chi connectivity index (χ2n) is 8.00. The number of halogens is 3. The van der Waals surface area contributed by atoms with Gasteiger partial charge in [-0.25, -0.2) is 0 Å². The smallest absolute Gasteiger partial charge is 0.416 e. The van der Waals surface area contributed by atoms with Crippen molar-refractivity contribution < 1.29 is 27.5 Å². The summed E-state index contributed by atoms with van der Waals surface area (Å²) < 4.78 is 44.3. The topological polar surface area (TPSA) is 43.4 Å². The Morgan fingerprint density at radius 3 is 2.23 bits per heavy atom. The molecule has 0 aromatic heterocycles. The van der Waals surface area contributed by atoms with E-state index in [2.05, 4.69) is 0 Å². The number of hydrogen-bond donors (Lipinski definition) is 0. The summed E-state index contributed by atoms with van der Waals surface area (Å²) in [5.74, 6) is -1.24. The molecule has 1 saturated carbocycles. The molecule has 0 amide bonds. The quantitative estimate of drug-likeness (QED) is 0.233. The van der Waals surface area contributed by atoms with Gasteiger partial charge in [-0.05, 0) is 36.1 Å². The minimum absolute atomic E-state index is 0.0702. The third-order valence-electron chi connectivity index (χ3n) is 6.40. The molecule has 5 rings (SSSR count). The van der Waals surface area contributed by atoms with E-state index < -0.39 is 34.8 Å². The van der Waals surface area contributed by atoms with Crippen molar-refractivity contribution >= 4 is 11.8 Å². The zero-order valence-electron chi connectivity index (χ0n) is 16.2. The molecule has 2 aliphatic rings. The summed E-state index contributed by atoms with van der Waals surface area (Å²) in [5, 5.41) is 0. The average molecular weight is 422 g/mol. The molecular weight excluding hydrogens is 405 g/mol. The average Bonchev–Trinajstić information content (AvgIpc) is 2.74. The maximum Gasteiger partial charge on any atom is 0.416 e. The van der Waals surface area contributed by atoms with E-state index in [4.69, 9.17) is 4.74 Å². The molecular formula is C25H17F3O3. The molecule has 1 aliphatic carbocycles. The highest BCUT2D eigenvalue weighted by atomic mass is 19.4. The molecule has 1 heterocycles. The van der Waals surface area contributed by atoms with Gasteiger partial charge in [0, 0.05) is 17.0 Å². The number of carbonyl (C=O) groups excluding carboxylic acids is 2. The van der Waals surface area contributed by atoms with E-state index >= 15 is 0 Å². The van der Waals surface area contributed by atoms with Gasteiger partial charge in [0.25, 0.3) is 0 Å². The van der Waals surface area contributed by atoms with Gasteiger partial charge in [0.2, 0.25) is 0 Å². The Bertz CT molecular complexity index is 1170. The van der Waals surface area contributed by atoms with Gasteiger partial charge in [0.1, 0.15) is 11.2 Å². The van der Waals surface area contributed by atoms with E-state index in [1.165, 1.54) is 0 Å². The fraction of sp³-hybridized carbons (Fsp3) is 0.200. The first-order valence-electron chi connectivity index (χ1n) is 9.90. The molecule has 6 heteroatoms. The first kappa shape index (κ1) is 19.5. The van der Waals surface area contributed by atoms with Crippen LogP contribution in [-0.2, 0) is 11.0 Å². The van der Waals surface area contributed by atoms with Crippen molar-refractivity contribution in [2.24, 2.45) is 5.41 Å². The van der Waals surface area contributed by atoms with Gasteiger partial charge in [-0.2, -0.15) is 13.2 Å². The number of alkyl halides is 3. The third-order valence-corrected chi connectivity index (χ3v) is 6.40. The number of para-hydroxylation sites is 1. The van der Waals surface area contributed by atoms with E-state index in [0.29, 0.717) is 5.75 Å². The highest BCUT2D eigenvalue weighted by Gasteiger charge is 2.67. The standard InChI is InChI=1S/C25H17F3O3/c26-25(27,28)17-12-10-16(11-13-17)22(29)24-14-19(15-6-2-1-3-7-15)21(24)18-8-4-5-9-20(18)31-23(24)30/h1-13,19,21H,14H2/t19-,21-,24+/m1/s1.